The molecule has 0 aliphatic heterocycles. The fourth-order valence-corrected chi connectivity index (χ4v) is 1.23. The minimum atomic E-state index is 0.270. The summed E-state index contributed by atoms with van der Waals surface area (Å²) in [5, 5.41) is 12.1. The Kier molecular flexibility index (Phi) is 4.58. The maximum Gasteiger partial charge on any atom is 0.0558 e. The first-order chi connectivity index (χ1) is 5.83. The first-order valence-electron chi connectivity index (χ1n) is 4.85. The molecule has 0 bridgehead atoms. The van der Waals surface area contributed by atoms with Gasteiger partial charge in [-0.2, -0.15) is 0 Å². The summed E-state index contributed by atoms with van der Waals surface area (Å²) in [6, 6.07) is 0.827. The smallest absolute Gasteiger partial charge is 0.0558 e. The van der Waals surface area contributed by atoms with Gasteiger partial charge >= 0.3 is 0 Å². The lowest BCUT2D eigenvalue weighted by Crippen LogP contribution is -2.27. The Morgan fingerprint density at radius 1 is 1.42 bits per heavy atom. The van der Waals surface area contributed by atoms with Gasteiger partial charge in [0.1, 0.15) is 0 Å². The summed E-state index contributed by atoms with van der Waals surface area (Å²) >= 11 is 0. The van der Waals surface area contributed by atoms with E-state index < -0.39 is 0 Å². The molecule has 1 saturated carbocycles. The zero-order chi connectivity index (χ0) is 8.81. The quantitative estimate of drug-likeness (QED) is 0.533. The van der Waals surface area contributed by atoms with Crippen LogP contribution in [-0.4, -0.2) is 49.3 Å². The molecule has 1 fully saturated rings. The minimum Gasteiger partial charge on any atom is -0.395 e. The Labute approximate surface area is 74.8 Å². The third-order valence-corrected chi connectivity index (χ3v) is 2.21. The highest BCUT2D eigenvalue weighted by atomic mass is 16.3. The van der Waals surface area contributed by atoms with Gasteiger partial charge in [-0.05, 0) is 39.4 Å². The molecule has 12 heavy (non-hydrogen) atoms. The largest absolute Gasteiger partial charge is 0.395 e. The van der Waals surface area contributed by atoms with Gasteiger partial charge in [0.2, 0.25) is 0 Å². The van der Waals surface area contributed by atoms with Crippen molar-refractivity contribution in [3.63, 3.8) is 0 Å². The molecular formula is C9H20N2O. The maximum absolute atomic E-state index is 8.63. The van der Waals surface area contributed by atoms with E-state index in [2.05, 4.69) is 10.2 Å². The summed E-state index contributed by atoms with van der Waals surface area (Å²) in [7, 11) is 2.05. The number of nitrogens with one attached hydrogen (secondary N) is 1. The van der Waals surface area contributed by atoms with Gasteiger partial charge in [0.25, 0.3) is 0 Å². The predicted molar refractivity (Wildman–Crippen MR) is 50.2 cm³/mol. The molecule has 0 amide bonds. The second kappa shape index (κ2) is 5.51. The molecule has 3 heteroatoms. The lowest BCUT2D eigenvalue weighted by Gasteiger charge is -2.14. The van der Waals surface area contributed by atoms with Gasteiger partial charge in [-0.1, -0.05) is 0 Å². The molecule has 3 nitrogen and oxygen atoms in total. The third kappa shape index (κ3) is 4.70. The number of likely N-dealkylation sites (N-methyl/N-ethyl adjacent to an activating group) is 1. The maximum atomic E-state index is 8.63. The van der Waals surface area contributed by atoms with E-state index in [9.17, 15) is 0 Å². The van der Waals surface area contributed by atoms with Crippen LogP contribution >= 0.6 is 0 Å². The van der Waals surface area contributed by atoms with Crippen molar-refractivity contribution in [3.05, 3.63) is 0 Å². The number of aliphatic hydroxyl groups is 1. The van der Waals surface area contributed by atoms with Crippen molar-refractivity contribution in [2.24, 2.45) is 0 Å². The van der Waals surface area contributed by atoms with Crippen LogP contribution in [0.2, 0.25) is 0 Å². The molecule has 0 saturated heterocycles. The van der Waals surface area contributed by atoms with Crippen molar-refractivity contribution >= 4 is 0 Å². The van der Waals surface area contributed by atoms with Crippen LogP contribution in [0.15, 0.2) is 0 Å². The molecule has 0 radical (unpaired) electrons. The van der Waals surface area contributed by atoms with Crippen molar-refractivity contribution in [1.82, 2.24) is 10.2 Å². The van der Waals surface area contributed by atoms with Crippen LogP contribution in [0.5, 0.6) is 0 Å². The van der Waals surface area contributed by atoms with Gasteiger partial charge in [-0.25, -0.2) is 0 Å². The standard InChI is InChI=1S/C9H20N2O/c1-11(7-8-12)6-2-5-10-9-3-4-9/h9-10,12H,2-8H2,1H3. The van der Waals surface area contributed by atoms with Crippen molar-refractivity contribution < 1.29 is 5.11 Å². The van der Waals surface area contributed by atoms with Gasteiger partial charge in [-0.3, -0.25) is 0 Å². The van der Waals surface area contributed by atoms with E-state index in [1.807, 2.05) is 7.05 Å². The zero-order valence-corrected chi connectivity index (χ0v) is 7.92. The second-order valence-corrected chi connectivity index (χ2v) is 3.61. The minimum absolute atomic E-state index is 0.270. The fourth-order valence-electron chi connectivity index (χ4n) is 1.23. The van der Waals surface area contributed by atoms with Crippen LogP contribution < -0.4 is 5.32 Å². The Bertz CT molecular complexity index is 115. The highest BCUT2D eigenvalue weighted by Crippen LogP contribution is 2.18. The number of hydrogen-bond acceptors (Lipinski definition) is 3. The molecule has 0 heterocycles. The molecule has 1 rings (SSSR count). The first kappa shape index (κ1) is 9.96. The molecule has 0 aromatic heterocycles. The van der Waals surface area contributed by atoms with Crippen LogP contribution in [0.25, 0.3) is 0 Å². The Morgan fingerprint density at radius 3 is 2.75 bits per heavy atom. The van der Waals surface area contributed by atoms with E-state index in [4.69, 9.17) is 5.11 Å². The highest BCUT2D eigenvalue weighted by molar-refractivity contribution is 4.80. The van der Waals surface area contributed by atoms with E-state index in [-0.39, 0.29) is 6.61 Å². The second-order valence-electron chi connectivity index (χ2n) is 3.61. The lowest BCUT2D eigenvalue weighted by molar-refractivity contribution is 0.220. The normalized spacial score (nSPS) is 17.2. The average molecular weight is 172 g/mol. The Hall–Kier alpha value is -0.120. The van der Waals surface area contributed by atoms with Crippen molar-refractivity contribution in [3.8, 4) is 0 Å². The first-order valence-corrected chi connectivity index (χ1v) is 4.85. The Balaban J connectivity index is 1.80. The summed E-state index contributed by atoms with van der Waals surface area (Å²) in [6.07, 6.45) is 3.92. The van der Waals surface area contributed by atoms with E-state index in [0.717, 1.165) is 25.7 Å². The summed E-state index contributed by atoms with van der Waals surface area (Å²) in [6.45, 7) is 3.27. The average Bonchev–Trinajstić information content (AvgIpc) is 2.82. The van der Waals surface area contributed by atoms with E-state index in [1.54, 1.807) is 0 Å². The molecule has 2 N–H and O–H groups in total. The number of hydrogen-bond donors (Lipinski definition) is 2. The highest BCUT2D eigenvalue weighted by Gasteiger charge is 2.19. The SMILES string of the molecule is CN(CCO)CCCNC1CC1. The monoisotopic (exact) mass is 172 g/mol. The summed E-state index contributed by atoms with van der Waals surface area (Å²) in [4.78, 5) is 2.16. The topological polar surface area (TPSA) is 35.5 Å². The van der Waals surface area contributed by atoms with E-state index in [1.165, 1.54) is 19.3 Å². The fraction of sp³-hybridized carbons (Fsp3) is 1.00. The molecular weight excluding hydrogens is 152 g/mol. The molecule has 1 aliphatic carbocycles. The third-order valence-electron chi connectivity index (χ3n) is 2.21. The summed E-state index contributed by atoms with van der Waals surface area (Å²) in [5.74, 6) is 0. The van der Waals surface area contributed by atoms with Crippen molar-refractivity contribution in [2.45, 2.75) is 25.3 Å². The van der Waals surface area contributed by atoms with Crippen LogP contribution in [0.4, 0.5) is 0 Å². The molecule has 72 valence electrons. The molecule has 0 spiro atoms. The van der Waals surface area contributed by atoms with Gasteiger partial charge in [-0.15, -0.1) is 0 Å². The van der Waals surface area contributed by atoms with E-state index >= 15 is 0 Å². The van der Waals surface area contributed by atoms with Crippen LogP contribution in [0, 0.1) is 0 Å². The van der Waals surface area contributed by atoms with Gasteiger partial charge in [0.15, 0.2) is 0 Å². The van der Waals surface area contributed by atoms with Gasteiger partial charge in [0, 0.05) is 12.6 Å². The number of nitrogens with zero attached hydrogens (tertiary/aromatic N) is 1. The lowest BCUT2D eigenvalue weighted by atomic mass is 10.4. The van der Waals surface area contributed by atoms with Gasteiger partial charge < -0.3 is 15.3 Å². The van der Waals surface area contributed by atoms with Crippen LogP contribution in [0.3, 0.4) is 0 Å². The molecule has 0 aromatic rings. The Morgan fingerprint density at radius 2 is 2.17 bits per heavy atom. The summed E-state index contributed by atoms with van der Waals surface area (Å²) < 4.78 is 0. The van der Waals surface area contributed by atoms with E-state index in [0.29, 0.717) is 0 Å². The molecule has 0 unspecified atom stereocenters. The van der Waals surface area contributed by atoms with Crippen LogP contribution in [-0.2, 0) is 0 Å². The number of aliphatic hydroxyl groups excluding tert-OH is 1. The number of rotatable bonds is 7. The van der Waals surface area contributed by atoms with Crippen molar-refractivity contribution in [2.75, 3.05) is 33.3 Å². The van der Waals surface area contributed by atoms with Gasteiger partial charge in [0.05, 0.1) is 6.61 Å². The molecule has 0 aromatic carbocycles. The summed E-state index contributed by atoms with van der Waals surface area (Å²) in [5.41, 5.74) is 0. The van der Waals surface area contributed by atoms with Crippen LogP contribution in [0.1, 0.15) is 19.3 Å². The molecule has 1 aliphatic rings. The predicted octanol–water partition coefficient (Wildman–Crippen LogP) is 0.0526. The zero-order valence-electron chi connectivity index (χ0n) is 7.92. The van der Waals surface area contributed by atoms with Crippen molar-refractivity contribution in [1.29, 1.82) is 0 Å². The molecule has 0 atom stereocenters.